The van der Waals surface area contributed by atoms with Crippen molar-refractivity contribution in [3.63, 3.8) is 0 Å². The van der Waals surface area contributed by atoms with E-state index in [9.17, 15) is 4.79 Å². The van der Waals surface area contributed by atoms with Crippen molar-refractivity contribution < 1.29 is 14.3 Å². The van der Waals surface area contributed by atoms with Gasteiger partial charge in [-0.05, 0) is 18.8 Å². The molecule has 0 saturated carbocycles. The van der Waals surface area contributed by atoms with Crippen LogP contribution in [0.3, 0.4) is 0 Å². The van der Waals surface area contributed by atoms with E-state index in [0.717, 1.165) is 51.9 Å². The van der Waals surface area contributed by atoms with Crippen molar-refractivity contribution >= 4 is 30.7 Å². The van der Waals surface area contributed by atoms with Crippen LogP contribution in [0.2, 0.25) is 0 Å². The van der Waals surface area contributed by atoms with Crippen molar-refractivity contribution in [3.8, 4) is 0 Å². The van der Waals surface area contributed by atoms with Crippen molar-refractivity contribution in [2.45, 2.75) is 25.4 Å². The van der Waals surface area contributed by atoms with Crippen LogP contribution in [0.15, 0.2) is 0 Å². The van der Waals surface area contributed by atoms with Crippen LogP contribution in [0.4, 0.5) is 0 Å². The Balaban J connectivity index is 0.00000242. The fourth-order valence-corrected chi connectivity index (χ4v) is 3.06. The molecule has 2 rings (SSSR count). The molecule has 138 valence electrons. The third-order valence-electron chi connectivity index (χ3n) is 4.58. The zero-order valence-electron chi connectivity index (χ0n) is 13.9. The molecule has 1 atom stereocenters. The Bertz CT molecular complexity index is 319. The Kier molecular flexibility index (Phi) is 12.2. The normalized spacial score (nSPS) is 21.2. The smallest absolute Gasteiger partial charge is 0.225 e. The van der Waals surface area contributed by atoms with Gasteiger partial charge in [0.1, 0.15) is 0 Å². The number of nitrogens with zero attached hydrogens (tertiary/aromatic N) is 2. The minimum Gasteiger partial charge on any atom is -0.381 e. The highest BCUT2D eigenvalue weighted by Gasteiger charge is 2.25. The van der Waals surface area contributed by atoms with Crippen LogP contribution in [-0.4, -0.2) is 81.4 Å². The minimum absolute atomic E-state index is 0. The van der Waals surface area contributed by atoms with E-state index in [0.29, 0.717) is 13.0 Å². The molecule has 2 saturated heterocycles. The van der Waals surface area contributed by atoms with Gasteiger partial charge < -0.3 is 20.1 Å². The number of amides is 1. The highest BCUT2D eigenvalue weighted by Crippen LogP contribution is 2.17. The van der Waals surface area contributed by atoms with Gasteiger partial charge in [0.2, 0.25) is 5.91 Å². The summed E-state index contributed by atoms with van der Waals surface area (Å²) in [5.41, 5.74) is 5.57. The second-order valence-corrected chi connectivity index (χ2v) is 6.03. The summed E-state index contributed by atoms with van der Waals surface area (Å²) in [6.07, 6.45) is 2.58. The molecule has 1 unspecified atom stereocenters. The summed E-state index contributed by atoms with van der Waals surface area (Å²) >= 11 is 0. The Morgan fingerprint density at radius 3 is 2.35 bits per heavy atom. The highest BCUT2D eigenvalue weighted by atomic mass is 35.5. The van der Waals surface area contributed by atoms with E-state index in [-0.39, 0.29) is 36.8 Å². The molecule has 2 N–H and O–H groups in total. The maximum atomic E-state index is 12.2. The SMILES string of the molecule is COC(CN)CC(=O)N1CCN(CC2CCOCC2)CC1.Cl.Cl. The standard InChI is InChI=1S/C15H29N3O3.2ClH/c1-20-14(11-16)10-15(19)18-6-4-17(5-7-18)12-13-2-8-21-9-3-13;;/h13-14H,2-12,16H2,1H3;2*1H. The van der Waals surface area contributed by atoms with Gasteiger partial charge in [0.25, 0.3) is 0 Å². The second-order valence-electron chi connectivity index (χ2n) is 6.03. The summed E-state index contributed by atoms with van der Waals surface area (Å²) in [5.74, 6) is 0.925. The molecule has 0 spiro atoms. The summed E-state index contributed by atoms with van der Waals surface area (Å²) in [6, 6.07) is 0. The van der Waals surface area contributed by atoms with Gasteiger partial charge in [-0.2, -0.15) is 0 Å². The minimum atomic E-state index is -0.155. The van der Waals surface area contributed by atoms with E-state index >= 15 is 0 Å². The van der Waals surface area contributed by atoms with E-state index in [4.69, 9.17) is 15.2 Å². The van der Waals surface area contributed by atoms with Gasteiger partial charge in [-0.15, -0.1) is 24.8 Å². The van der Waals surface area contributed by atoms with E-state index in [1.165, 1.54) is 12.8 Å². The monoisotopic (exact) mass is 371 g/mol. The van der Waals surface area contributed by atoms with Crippen LogP contribution in [0.25, 0.3) is 0 Å². The zero-order chi connectivity index (χ0) is 15.1. The summed E-state index contributed by atoms with van der Waals surface area (Å²) in [6.45, 7) is 6.95. The quantitative estimate of drug-likeness (QED) is 0.746. The van der Waals surface area contributed by atoms with Crippen molar-refractivity contribution in [2.24, 2.45) is 11.7 Å². The molecule has 1 amide bonds. The van der Waals surface area contributed by atoms with Gasteiger partial charge in [0.15, 0.2) is 0 Å². The topological polar surface area (TPSA) is 68.0 Å². The van der Waals surface area contributed by atoms with Crippen LogP contribution in [-0.2, 0) is 14.3 Å². The first-order valence-corrected chi connectivity index (χ1v) is 8.03. The average molecular weight is 372 g/mol. The van der Waals surface area contributed by atoms with Crippen LogP contribution in [0.1, 0.15) is 19.3 Å². The molecule has 0 bridgehead atoms. The zero-order valence-corrected chi connectivity index (χ0v) is 15.6. The molecular weight excluding hydrogens is 341 g/mol. The molecule has 2 aliphatic rings. The highest BCUT2D eigenvalue weighted by molar-refractivity contribution is 5.85. The molecule has 2 heterocycles. The Labute approximate surface area is 151 Å². The van der Waals surface area contributed by atoms with E-state index < -0.39 is 0 Å². The lowest BCUT2D eigenvalue weighted by molar-refractivity contribution is -0.135. The average Bonchev–Trinajstić information content (AvgIpc) is 2.54. The lowest BCUT2D eigenvalue weighted by atomic mass is 9.99. The number of hydrogen-bond donors (Lipinski definition) is 1. The van der Waals surface area contributed by atoms with Crippen molar-refractivity contribution in [2.75, 3.05) is 59.6 Å². The third kappa shape index (κ3) is 7.54. The lowest BCUT2D eigenvalue weighted by Gasteiger charge is -2.37. The summed E-state index contributed by atoms with van der Waals surface area (Å²) in [4.78, 5) is 16.6. The first-order chi connectivity index (χ1) is 10.2. The number of ether oxygens (including phenoxy) is 2. The predicted octanol–water partition coefficient (Wildman–Crippen LogP) is 0.765. The number of methoxy groups -OCH3 is 1. The molecule has 0 aromatic heterocycles. The van der Waals surface area contributed by atoms with Gasteiger partial charge in [0.05, 0.1) is 12.5 Å². The molecule has 6 nitrogen and oxygen atoms in total. The number of hydrogen-bond acceptors (Lipinski definition) is 5. The first-order valence-electron chi connectivity index (χ1n) is 8.03. The van der Waals surface area contributed by atoms with E-state index in [1.807, 2.05) is 4.90 Å². The Hall–Kier alpha value is -0.110. The molecule has 0 radical (unpaired) electrons. The molecule has 2 fully saturated rings. The fourth-order valence-electron chi connectivity index (χ4n) is 3.06. The van der Waals surface area contributed by atoms with Crippen molar-refractivity contribution in [1.82, 2.24) is 9.80 Å². The lowest BCUT2D eigenvalue weighted by Crippen LogP contribution is -2.50. The number of rotatable bonds is 6. The summed E-state index contributed by atoms with van der Waals surface area (Å²) in [7, 11) is 1.61. The molecule has 0 aromatic carbocycles. The molecule has 0 aromatic rings. The van der Waals surface area contributed by atoms with Gasteiger partial charge in [-0.3, -0.25) is 9.69 Å². The predicted molar refractivity (Wildman–Crippen MR) is 95.5 cm³/mol. The molecular formula is C15H31Cl2N3O3. The maximum absolute atomic E-state index is 12.2. The van der Waals surface area contributed by atoms with Crippen molar-refractivity contribution in [3.05, 3.63) is 0 Å². The van der Waals surface area contributed by atoms with Crippen LogP contribution >= 0.6 is 24.8 Å². The molecule has 2 aliphatic heterocycles. The number of nitrogens with two attached hydrogens (primary N) is 1. The first kappa shape index (κ1) is 22.9. The van der Waals surface area contributed by atoms with Gasteiger partial charge >= 0.3 is 0 Å². The van der Waals surface area contributed by atoms with Crippen LogP contribution in [0, 0.1) is 5.92 Å². The number of piperazine rings is 1. The van der Waals surface area contributed by atoms with Gasteiger partial charge in [-0.1, -0.05) is 0 Å². The Morgan fingerprint density at radius 2 is 1.83 bits per heavy atom. The van der Waals surface area contributed by atoms with E-state index in [1.54, 1.807) is 7.11 Å². The maximum Gasteiger partial charge on any atom is 0.225 e. The number of carbonyl (C=O) groups excluding carboxylic acids is 1. The summed E-state index contributed by atoms with van der Waals surface area (Å²) in [5, 5.41) is 0. The Morgan fingerprint density at radius 1 is 1.22 bits per heavy atom. The van der Waals surface area contributed by atoms with Crippen LogP contribution in [0.5, 0.6) is 0 Å². The van der Waals surface area contributed by atoms with Gasteiger partial charge in [0, 0.05) is 59.6 Å². The second kappa shape index (κ2) is 12.3. The number of carbonyl (C=O) groups is 1. The number of halogens is 2. The van der Waals surface area contributed by atoms with Gasteiger partial charge in [-0.25, -0.2) is 0 Å². The largest absolute Gasteiger partial charge is 0.381 e. The summed E-state index contributed by atoms with van der Waals surface area (Å²) < 4.78 is 10.6. The van der Waals surface area contributed by atoms with Crippen molar-refractivity contribution in [1.29, 1.82) is 0 Å². The third-order valence-corrected chi connectivity index (χ3v) is 4.58. The fraction of sp³-hybridized carbons (Fsp3) is 0.933. The molecule has 8 heteroatoms. The van der Waals surface area contributed by atoms with Crippen LogP contribution < -0.4 is 5.73 Å². The molecule has 0 aliphatic carbocycles. The molecule has 23 heavy (non-hydrogen) atoms. The van der Waals surface area contributed by atoms with E-state index in [2.05, 4.69) is 4.90 Å².